The molecule has 0 spiro atoms. The van der Waals surface area contributed by atoms with Gasteiger partial charge in [0.2, 0.25) is 5.91 Å². The highest BCUT2D eigenvalue weighted by molar-refractivity contribution is 7.98. The predicted octanol–water partition coefficient (Wildman–Crippen LogP) is 2.64. The fourth-order valence-electron chi connectivity index (χ4n) is 3.42. The summed E-state index contributed by atoms with van der Waals surface area (Å²) in [6.45, 7) is 6.94. The highest BCUT2D eigenvalue weighted by Crippen LogP contribution is 2.26. The van der Waals surface area contributed by atoms with Crippen molar-refractivity contribution in [3.63, 3.8) is 0 Å². The average Bonchev–Trinajstić information content (AvgIpc) is 3.02. The minimum Gasteiger partial charge on any atom is -0.338 e. The number of carbonyl (C=O) groups excluding carboxylic acids is 1. The topological polar surface area (TPSA) is 23.6 Å². The van der Waals surface area contributed by atoms with Gasteiger partial charge in [0.25, 0.3) is 0 Å². The van der Waals surface area contributed by atoms with Crippen LogP contribution >= 0.6 is 11.8 Å². The number of fused-ring (bicyclic) bond motifs is 1. The highest BCUT2D eigenvalue weighted by Gasteiger charge is 2.32. The van der Waals surface area contributed by atoms with E-state index in [-0.39, 0.29) is 5.92 Å². The number of rotatable bonds is 3. The third-order valence-electron chi connectivity index (χ3n) is 4.81. The lowest BCUT2D eigenvalue weighted by molar-refractivity contribution is -0.136. The number of likely N-dealkylation sites (tertiary alicyclic amines) is 1. The first-order valence-electron chi connectivity index (χ1n) is 7.88. The van der Waals surface area contributed by atoms with E-state index < -0.39 is 0 Å². The van der Waals surface area contributed by atoms with E-state index in [1.165, 1.54) is 16.0 Å². The highest BCUT2D eigenvalue weighted by atomic mass is 32.2. The summed E-state index contributed by atoms with van der Waals surface area (Å²) in [5, 5.41) is 0. The first-order chi connectivity index (χ1) is 10.2. The number of thioether (sulfide) groups is 1. The maximum atomic E-state index is 12.7. The lowest BCUT2D eigenvalue weighted by Crippen LogP contribution is -2.40. The summed E-state index contributed by atoms with van der Waals surface area (Å²) in [4.78, 5) is 18.5. The van der Waals surface area contributed by atoms with Crippen LogP contribution in [0.5, 0.6) is 0 Å². The summed E-state index contributed by atoms with van der Waals surface area (Å²) < 4.78 is 0. The van der Waals surface area contributed by atoms with Gasteiger partial charge < -0.3 is 9.80 Å². The molecule has 1 saturated heterocycles. The Balaban J connectivity index is 1.67. The number of nitrogens with zero attached hydrogens (tertiary/aromatic N) is 2. The molecule has 114 valence electrons. The van der Waals surface area contributed by atoms with E-state index in [0.717, 1.165) is 45.6 Å². The van der Waals surface area contributed by atoms with Crippen molar-refractivity contribution in [3.8, 4) is 0 Å². The molecule has 1 amide bonds. The second-order valence-electron chi connectivity index (χ2n) is 6.02. The van der Waals surface area contributed by atoms with Crippen LogP contribution in [-0.2, 0) is 17.8 Å². The molecular weight excluding hydrogens is 280 g/mol. The van der Waals surface area contributed by atoms with Crippen LogP contribution in [-0.4, -0.2) is 48.1 Å². The van der Waals surface area contributed by atoms with E-state index in [2.05, 4.69) is 41.2 Å². The van der Waals surface area contributed by atoms with Crippen molar-refractivity contribution < 1.29 is 4.79 Å². The smallest absolute Gasteiger partial charge is 0.227 e. The second-order valence-corrected chi connectivity index (χ2v) is 6.90. The van der Waals surface area contributed by atoms with Gasteiger partial charge in [0, 0.05) is 24.5 Å². The summed E-state index contributed by atoms with van der Waals surface area (Å²) in [6.07, 6.45) is 4.14. The van der Waals surface area contributed by atoms with E-state index in [9.17, 15) is 4.79 Å². The summed E-state index contributed by atoms with van der Waals surface area (Å²) in [7, 11) is 0. The monoisotopic (exact) mass is 304 g/mol. The molecule has 3 rings (SSSR count). The Bertz CT molecular complexity index is 532. The van der Waals surface area contributed by atoms with E-state index >= 15 is 0 Å². The van der Waals surface area contributed by atoms with Gasteiger partial charge in [-0.15, -0.1) is 11.8 Å². The van der Waals surface area contributed by atoms with Crippen molar-refractivity contribution in [2.24, 2.45) is 5.92 Å². The first kappa shape index (κ1) is 14.9. The SMILES string of the molecule is CCN1CC[C@@H](C(=O)N2CCc3cc(SC)ccc3C2)C1. The number of hydrogen-bond acceptors (Lipinski definition) is 3. The van der Waals surface area contributed by atoms with Crippen LogP contribution in [0.1, 0.15) is 24.5 Å². The van der Waals surface area contributed by atoms with Gasteiger partial charge in [0.05, 0.1) is 5.92 Å². The molecule has 2 aliphatic heterocycles. The molecule has 21 heavy (non-hydrogen) atoms. The van der Waals surface area contributed by atoms with Crippen LogP contribution in [0, 0.1) is 5.92 Å². The molecule has 3 nitrogen and oxygen atoms in total. The fraction of sp³-hybridized carbons (Fsp3) is 0.588. The summed E-state index contributed by atoms with van der Waals surface area (Å²) in [6, 6.07) is 6.66. The van der Waals surface area contributed by atoms with Crippen LogP contribution in [0.3, 0.4) is 0 Å². The lowest BCUT2D eigenvalue weighted by Gasteiger charge is -2.31. The van der Waals surface area contributed by atoms with Gasteiger partial charge in [-0.2, -0.15) is 0 Å². The third kappa shape index (κ3) is 3.11. The Morgan fingerprint density at radius 1 is 1.33 bits per heavy atom. The maximum Gasteiger partial charge on any atom is 0.227 e. The number of hydrogen-bond donors (Lipinski definition) is 0. The Kier molecular flexibility index (Phi) is 4.55. The van der Waals surface area contributed by atoms with Gasteiger partial charge >= 0.3 is 0 Å². The summed E-state index contributed by atoms with van der Waals surface area (Å²) in [5.74, 6) is 0.586. The zero-order valence-corrected chi connectivity index (χ0v) is 13.8. The average molecular weight is 304 g/mol. The number of amides is 1. The van der Waals surface area contributed by atoms with Gasteiger partial charge in [-0.1, -0.05) is 13.0 Å². The molecule has 0 unspecified atom stereocenters. The zero-order valence-electron chi connectivity index (χ0n) is 13.0. The number of benzene rings is 1. The maximum absolute atomic E-state index is 12.7. The zero-order chi connectivity index (χ0) is 14.8. The molecule has 4 heteroatoms. The van der Waals surface area contributed by atoms with Crippen molar-refractivity contribution in [3.05, 3.63) is 29.3 Å². The van der Waals surface area contributed by atoms with Gasteiger partial charge in [0.15, 0.2) is 0 Å². The Morgan fingerprint density at radius 3 is 2.90 bits per heavy atom. The molecule has 0 bridgehead atoms. The fourth-order valence-corrected chi connectivity index (χ4v) is 3.89. The molecule has 2 aliphatic rings. The Hall–Kier alpha value is -1.00. The van der Waals surface area contributed by atoms with E-state index in [0.29, 0.717) is 5.91 Å². The molecule has 0 aliphatic carbocycles. The normalized spacial score (nSPS) is 22.4. The standard InChI is InChI=1S/C17H24N2OS/c1-3-18-8-6-15(11-18)17(20)19-9-7-13-10-16(21-2)5-4-14(13)12-19/h4-5,10,15H,3,6-9,11-12H2,1-2H3/t15-/m1/s1. The molecule has 1 atom stereocenters. The second kappa shape index (κ2) is 6.41. The summed E-state index contributed by atoms with van der Waals surface area (Å²) in [5.41, 5.74) is 2.75. The van der Waals surface area contributed by atoms with Crippen molar-refractivity contribution >= 4 is 17.7 Å². The van der Waals surface area contributed by atoms with Crippen LogP contribution in [0.2, 0.25) is 0 Å². The molecule has 0 saturated carbocycles. The van der Waals surface area contributed by atoms with Crippen LogP contribution in [0.25, 0.3) is 0 Å². The number of carbonyl (C=O) groups is 1. The van der Waals surface area contributed by atoms with Gasteiger partial charge in [0.1, 0.15) is 0 Å². The minimum atomic E-state index is 0.219. The molecule has 0 aromatic heterocycles. The van der Waals surface area contributed by atoms with Gasteiger partial charge in [-0.25, -0.2) is 0 Å². The van der Waals surface area contributed by atoms with Gasteiger partial charge in [-0.05, 0) is 55.4 Å². The molecular formula is C17H24N2OS. The Morgan fingerprint density at radius 2 is 2.19 bits per heavy atom. The largest absolute Gasteiger partial charge is 0.338 e. The van der Waals surface area contributed by atoms with Crippen LogP contribution < -0.4 is 0 Å². The predicted molar refractivity (Wildman–Crippen MR) is 87.6 cm³/mol. The van der Waals surface area contributed by atoms with Crippen LogP contribution in [0.4, 0.5) is 0 Å². The minimum absolute atomic E-state index is 0.219. The van der Waals surface area contributed by atoms with E-state index in [1.807, 2.05) is 0 Å². The molecule has 1 fully saturated rings. The first-order valence-corrected chi connectivity index (χ1v) is 9.10. The van der Waals surface area contributed by atoms with Crippen LogP contribution in [0.15, 0.2) is 23.1 Å². The Labute approximate surface area is 131 Å². The lowest BCUT2D eigenvalue weighted by atomic mass is 9.98. The molecule has 2 heterocycles. The van der Waals surface area contributed by atoms with Crippen molar-refractivity contribution in [1.29, 1.82) is 0 Å². The quantitative estimate of drug-likeness (QED) is 0.802. The molecule has 0 radical (unpaired) electrons. The third-order valence-corrected chi connectivity index (χ3v) is 5.53. The van der Waals surface area contributed by atoms with E-state index in [1.54, 1.807) is 11.8 Å². The van der Waals surface area contributed by atoms with E-state index in [4.69, 9.17) is 0 Å². The molecule has 0 N–H and O–H groups in total. The summed E-state index contributed by atoms with van der Waals surface area (Å²) >= 11 is 1.79. The van der Waals surface area contributed by atoms with Gasteiger partial charge in [-0.3, -0.25) is 4.79 Å². The van der Waals surface area contributed by atoms with Crippen molar-refractivity contribution in [1.82, 2.24) is 9.80 Å². The molecule has 1 aromatic rings. The molecule has 1 aromatic carbocycles. The van der Waals surface area contributed by atoms with Crippen molar-refractivity contribution in [2.45, 2.75) is 31.2 Å². The van der Waals surface area contributed by atoms with Crippen molar-refractivity contribution in [2.75, 3.05) is 32.4 Å².